The zero-order chi connectivity index (χ0) is 19.2. The molecular formula is C20H33N5O. The van der Waals surface area contributed by atoms with Gasteiger partial charge in [-0.3, -0.25) is 14.7 Å². The number of hydrogen-bond donors (Lipinski definition) is 3. The maximum Gasteiger partial charge on any atom is 0.231 e. The molecule has 1 fully saturated rings. The van der Waals surface area contributed by atoms with E-state index in [2.05, 4.69) is 65.6 Å². The van der Waals surface area contributed by atoms with Gasteiger partial charge in [-0.05, 0) is 29.4 Å². The lowest BCUT2D eigenvalue weighted by Crippen LogP contribution is -2.49. The number of benzene rings is 1. The first-order valence-corrected chi connectivity index (χ1v) is 9.35. The van der Waals surface area contributed by atoms with Crippen LogP contribution in [0.25, 0.3) is 0 Å². The third kappa shape index (κ3) is 6.33. The Morgan fingerprint density at radius 2 is 1.85 bits per heavy atom. The minimum absolute atomic E-state index is 0.174. The van der Waals surface area contributed by atoms with E-state index in [1.54, 1.807) is 7.05 Å². The number of amides is 1. The summed E-state index contributed by atoms with van der Waals surface area (Å²) < 4.78 is 0. The highest BCUT2D eigenvalue weighted by Gasteiger charge is 2.20. The van der Waals surface area contributed by atoms with Crippen molar-refractivity contribution in [1.82, 2.24) is 15.5 Å². The number of primary amides is 1. The number of guanidine groups is 1. The number of aliphatic imine (C=N–C) groups is 1. The lowest BCUT2D eigenvalue weighted by Gasteiger charge is -2.32. The number of hydrogen-bond acceptors (Lipinski definition) is 3. The van der Waals surface area contributed by atoms with E-state index in [1.165, 1.54) is 11.1 Å². The van der Waals surface area contributed by atoms with Gasteiger partial charge in [-0.2, -0.15) is 0 Å². The van der Waals surface area contributed by atoms with Gasteiger partial charge in [0.15, 0.2) is 5.96 Å². The summed E-state index contributed by atoms with van der Waals surface area (Å²) in [5.41, 5.74) is 8.01. The Hall–Kier alpha value is -2.08. The molecule has 1 heterocycles. The number of carbonyl (C=O) groups is 1. The van der Waals surface area contributed by atoms with Crippen LogP contribution in [0.1, 0.15) is 44.7 Å². The van der Waals surface area contributed by atoms with Crippen LogP contribution in [0.5, 0.6) is 0 Å². The first-order valence-electron chi connectivity index (χ1n) is 9.35. The van der Waals surface area contributed by atoms with Gasteiger partial charge in [-0.1, -0.05) is 45.0 Å². The molecule has 0 spiro atoms. The van der Waals surface area contributed by atoms with Gasteiger partial charge in [-0.15, -0.1) is 0 Å². The van der Waals surface area contributed by atoms with E-state index in [-0.39, 0.29) is 11.3 Å². The van der Waals surface area contributed by atoms with Crippen molar-refractivity contribution in [2.75, 3.05) is 26.7 Å². The van der Waals surface area contributed by atoms with Crippen molar-refractivity contribution in [3.05, 3.63) is 35.4 Å². The monoisotopic (exact) mass is 359 g/mol. The summed E-state index contributed by atoms with van der Waals surface area (Å²) in [5.74, 6) is 0.560. The average Bonchev–Trinajstić information content (AvgIpc) is 2.59. The molecule has 0 radical (unpaired) electrons. The SMILES string of the molecule is CN=C(NCc1ccc(C(C)(C)C)cc1)NC1CCN(CC(N)=O)CC1. The molecule has 0 aliphatic carbocycles. The topological polar surface area (TPSA) is 82.8 Å². The van der Waals surface area contributed by atoms with Crippen LogP contribution < -0.4 is 16.4 Å². The fourth-order valence-corrected chi connectivity index (χ4v) is 3.15. The number of nitrogens with two attached hydrogens (primary N) is 1. The quantitative estimate of drug-likeness (QED) is 0.551. The van der Waals surface area contributed by atoms with Crippen molar-refractivity contribution in [2.24, 2.45) is 10.7 Å². The number of carbonyl (C=O) groups excluding carboxylic acids is 1. The number of likely N-dealkylation sites (tertiary alicyclic amines) is 1. The second kappa shape index (κ2) is 9.03. The molecule has 1 aliphatic rings. The molecule has 4 N–H and O–H groups in total. The largest absolute Gasteiger partial charge is 0.369 e. The van der Waals surface area contributed by atoms with Crippen molar-refractivity contribution < 1.29 is 4.79 Å². The van der Waals surface area contributed by atoms with E-state index >= 15 is 0 Å². The number of nitrogens with one attached hydrogen (secondary N) is 2. The molecule has 1 aromatic rings. The summed E-state index contributed by atoms with van der Waals surface area (Å²) in [6.45, 7) is 9.52. The molecule has 144 valence electrons. The summed E-state index contributed by atoms with van der Waals surface area (Å²) in [4.78, 5) is 17.4. The van der Waals surface area contributed by atoms with E-state index in [4.69, 9.17) is 5.73 Å². The standard InChI is InChI=1S/C20H33N5O/c1-20(2,3)16-7-5-15(6-8-16)13-23-19(22-4)24-17-9-11-25(12-10-17)14-18(21)26/h5-8,17H,9-14H2,1-4H3,(H2,21,26)(H2,22,23,24). The fraction of sp³-hybridized carbons (Fsp3) is 0.600. The van der Waals surface area contributed by atoms with Crippen LogP contribution in [0.2, 0.25) is 0 Å². The number of rotatable bonds is 5. The molecule has 6 nitrogen and oxygen atoms in total. The lowest BCUT2D eigenvalue weighted by molar-refractivity contribution is -0.119. The first kappa shape index (κ1) is 20.2. The van der Waals surface area contributed by atoms with Crippen molar-refractivity contribution in [1.29, 1.82) is 0 Å². The summed E-state index contributed by atoms with van der Waals surface area (Å²) in [5, 5.41) is 6.87. The van der Waals surface area contributed by atoms with E-state index < -0.39 is 0 Å². The highest BCUT2D eigenvalue weighted by atomic mass is 16.1. The highest BCUT2D eigenvalue weighted by Crippen LogP contribution is 2.22. The number of nitrogens with zero attached hydrogens (tertiary/aromatic N) is 2. The first-order chi connectivity index (χ1) is 12.3. The summed E-state index contributed by atoms with van der Waals surface area (Å²) in [6, 6.07) is 9.10. The Bertz CT molecular complexity index is 610. The minimum Gasteiger partial charge on any atom is -0.369 e. The summed E-state index contributed by atoms with van der Waals surface area (Å²) in [7, 11) is 1.79. The molecule has 0 unspecified atom stereocenters. The van der Waals surface area contributed by atoms with Gasteiger partial charge in [0.2, 0.25) is 5.91 Å². The maximum absolute atomic E-state index is 11.0. The van der Waals surface area contributed by atoms with Crippen LogP contribution in [0, 0.1) is 0 Å². The zero-order valence-electron chi connectivity index (χ0n) is 16.5. The molecule has 1 aliphatic heterocycles. The van der Waals surface area contributed by atoms with E-state index in [0.717, 1.165) is 38.4 Å². The molecule has 26 heavy (non-hydrogen) atoms. The van der Waals surface area contributed by atoms with Crippen LogP contribution in [0.4, 0.5) is 0 Å². The third-order valence-corrected chi connectivity index (χ3v) is 4.81. The summed E-state index contributed by atoms with van der Waals surface area (Å²) >= 11 is 0. The average molecular weight is 360 g/mol. The van der Waals surface area contributed by atoms with Crippen LogP contribution in [0.15, 0.2) is 29.3 Å². The third-order valence-electron chi connectivity index (χ3n) is 4.81. The van der Waals surface area contributed by atoms with Crippen LogP contribution in [-0.2, 0) is 16.8 Å². The van der Waals surface area contributed by atoms with Crippen molar-refractivity contribution in [3.63, 3.8) is 0 Å². The van der Waals surface area contributed by atoms with Gasteiger partial charge in [0, 0.05) is 32.7 Å². The molecule has 1 saturated heterocycles. The van der Waals surface area contributed by atoms with Crippen molar-refractivity contribution in [2.45, 2.75) is 51.6 Å². The van der Waals surface area contributed by atoms with E-state index in [0.29, 0.717) is 12.6 Å². The van der Waals surface area contributed by atoms with E-state index in [9.17, 15) is 4.79 Å². The second-order valence-corrected chi connectivity index (χ2v) is 8.03. The normalized spacial score (nSPS) is 17.2. The van der Waals surface area contributed by atoms with Gasteiger partial charge in [-0.25, -0.2) is 0 Å². The van der Waals surface area contributed by atoms with Gasteiger partial charge in [0.25, 0.3) is 0 Å². The Kier molecular flexibility index (Phi) is 7.03. The Balaban J connectivity index is 1.79. The molecule has 2 rings (SSSR count). The Morgan fingerprint density at radius 3 is 2.35 bits per heavy atom. The van der Waals surface area contributed by atoms with Gasteiger partial charge >= 0.3 is 0 Å². The van der Waals surface area contributed by atoms with Gasteiger partial charge in [0.05, 0.1) is 6.54 Å². The van der Waals surface area contributed by atoms with Crippen LogP contribution >= 0.6 is 0 Å². The maximum atomic E-state index is 11.0. The predicted molar refractivity (Wildman–Crippen MR) is 107 cm³/mol. The van der Waals surface area contributed by atoms with Crippen LogP contribution in [-0.4, -0.2) is 49.5 Å². The molecule has 1 amide bonds. The molecule has 6 heteroatoms. The van der Waals surface area contributed by atoms with Gasteiger partial charge in [0.1, 0.15) is 0 Å². The molecule has 0 aromatic heterocycles. The summed E-state index contributed by atoms with van der Waals surface area (Å²) in [6.07, 6.45) is 1.96. The lowest BCUT2D eigenvalue weighted by atomic mass is 9.87. The predicted octanol–water partition coefficient (Wildman–Crippen LogP) is 1.60. The highest BCUT2D eigenvalue weighted by molar-refractivity contribution is 5.80. The van der Waals surface area contributed by atoms with E-state index in [1.807, 2.05) is 0 Å². The molecule has 1 aromatic carbocycles. The zero-order valence-corrected chi connectivity index (χ0v) is 16.5. The minimum atomic E-state index is -0.258. The second-order valence-electron chi connectivity index (χ2n) is 8.03. The van der Waals surface area contributed by atoms with Crippen molar-refractivity contribution in [3.8, 4) is 0 Å². The van der Waals surface area contributed by atoms with Crippen molar-refractivity contribution >= 4 is 11.9 Å². The molecular weight excluding hydrogens is 326 g/mol. The molecule has 0 bridgehead atoms. The Morgan fingerprint density at radius 1 is 1.23 bits per heavy atom. The Labute approximate surface area is 157 Å². The molecule has 0 saturated carbocycles. The number of piperidine rings is 1. The van der Waals surface area contributed by atoms with Gasteiger partial charge < -0.3 is 16.4 Å². The molecule has 0 atom stereocenters. The fourth-order valence-electron chi connectivity index (χ4n) is 3.15. The van der Waals surface area contributed by atoms with Crippen LogP contribution in [0.3, 0.4) is 0 Å². The smallest absolute Gasteiger partial charge is 0.231 e.